The van der Waals surface area contributed by atoms with Gasteiger partial charge in [-0.05, 0) is 30.7 Å². The second-order valence-corrected chi connectivity index (χ2v) is 6.14. The number of aliphatic hydroxyl groups is 1. The zero-order chi connectivity index (χ0) is 16.1. The molecule has 1 aliphatic rings. The van der Waals surface area contributed by atoms with Gasteiger partial charge in [0.15, 0.2) is 11.4 Å². The lowest BCUT2D eigenvalue weighted by Gasteiger charge is -2.16. The average Bonchev–Trinajstić information content (AvgIpc) is 3.30. The standard InChI is InChI=1S/C18H16N4O2/c23-13-7-8-21(11-13)18-6-5-17-19-10-14(22(17)20-18)16-9-12-3-1-2-4-15(12)24-16/h1-6,9-10,13,23H,7-8,11H2. The van der Waals surface area contributed by atoms with Gasteiger partial charge in [-0.2, -0.15) is 0 Å². The molecule has 4 aromatic rings. The predicted molar refractivity (Wildman–Crippen MR) is 91.0 cm³/mol. The van der Waals surface area contributed by atoms with Crippen molar-refractivity contribution in [2.75, 3.05) is 18.0 Å². The van der Waals surface area contributed by atoms with E-state index in [-0.39, 0.29) is 6.10 Å². The average molecular weight is 320 g/mol. The van der Waals surface area contributed by atoms with Crippen LogP contribution in [-0.2, 0) is 0 Å². The van der Waals surface area contributed by atoms with E-state index in [1.165, 1.54) is 0 Å². The summed E-state index contributed by atoms with van der Waals surface area (Å²) in [4.78, 5) is 6.51. The van der Waals surface area contributed by atoms with Crippen LogP contribution in [0.2, 0.25) is 0 Å². The normalized spacial score (nSPS) is 18.0. The second-order valence-electron chi connectivity index (χ2n) is 6.14. The number of imidazole rings is 1. The van der Waals surface area contributed by atoms with Gasteiger partial charge in [0.1, 0.15) is 17.1 Å². The first-order valence-corrected chi connectivity index (χ1v) is 8.05. The molecule has 0 aliphatic carbocycles. The molecule has 0 spiro atoms. The van der Waals surface area contributed by atoms with Gasteiger partial charge in [-0.1, -0.05) is 18.2 Å². The number of benzene rings is 1. The van der Waals surface area contributed by atoms with E-state index in [4.69, 9.17) is 9.52 Å². The van der Waals surface area contributed by atoms with Crippen molar-refractivity contribution in [3.05, 3.63) is 48.7 Å². The van der Waals surface area contributed by atoms with Crippen LogP contribution in [0.1, 0.15) is 6.42 Å². The summed E-state index contributed by atoms with van der Waals surface area (Å²) in [5.74, 6) is 1.59. The summed E-state index contributed by atoms with van der Waals surface area (Å²) in [7, 11) is 0. The molecule has 1 atom stereocenters. The van der Waals surface area contributed by atoms with Crippen LogP contribution in [-0.4, -0.2) is 38.9 Å². The Morgan fingerprint density at radius 3 is 2.92 bits per heavy atom. The summed E-state index contributed by atoms with van der Waals surface area (Å²) in [6.45, 7) is 1.43. The number of β-amino-alcohol motifs (C(OH)–C–C–N with tert-alkyl or cyclic N) is 1. The third kappa shape index (κ3) is 2.07. The Bertz CT molecular complexity index is 1000. The smallest absolute Gasteiger partial charge is 0.155 e. The molecule has 4 heterocycles. The summed E-state index contributed by atoms with van der Waals surface area (Å²) in [6.07, 6.45) is 2.28. The van der Waals surface area contributed by atoms with E-state index in [2.05, 4.69) is 9.88 Å². The first kappa shape index (κ1) is 13.6. The minimum absolute atomic E-state index is 0.278. The number of aromatic nitrogens is 3. The van der Waals surface area contributed by atoms with E-state index in [0.717, 1.165) is 46.9 Å². The Kier molecular flexibility index (Phi) is 2.87. The highest BCUT2D eigenvalue weighted by atomic mass is 16.3. The lowest BCUT2D eigenvalue weighted by atomic mass is 10.2. The summed E-state index contributed by atoms with van der Waals surface area (Å²) < 4.78 is 7.75. The number of para-hydroxylation sites is 1. The maximum absolute atomic E-state index is 9.74. The molecule has 6 nitrogen and oxygen atoms in total. The Hall–Kier alpha value is -2.86. The fourth-order valence-electron chi connectivity index (χ4n) is 3.26. The third-order valence-corrected chi connectivity index (χ3v) is 4.51. The molecule has 1 unspecified atom stereocenters. The Morgan fingerprint density at radius 2 is 2.08 bits per heavy atom. The van der Waals surface area contributed by atoms with E-state index in [0.29, 0.717) is 6.54 Å². The van der Waals surface area contributed by atoms with Crippen molar-refractivity contribution in [3.8, 4) is 11.5 Å². The second kappa shape index (κ2) is 5.07. The maximum atomic E-state index is 9.74. The predicted octanol–water partition coefficient (Wildman–Crippen LogP) is 2.71. The van der Waals surface area contributed by atoms with Crippen LogP contribution in [0.15, 0.2) is 53.1 Å². The molecule has 1 saturated heterocycles. The van der Waals surface area contributed by atoms with Gasteiger partial charge < -0.3 is 14.4 Å². The molecule has 3 aromatic heterocycles. The monoisotopic (exact) mass is 320 g/mol. The minimum Gasteiger partial charge on any atom is -0.454 e. The molecule has 5 rings (SSSR count). The van der Waals surface area contributed by atoms with Crippen molar-refractivity contribution in [2.45, 2.75) is 12.5 Å². The Morgan fingerprint density at radius 1 is 1.17 bits per heavy atom. The van der Waals surface area contributed by atoms with E-state index in [1.54, 1.807) is 10.7 Å². The van der Waals surface area contributed by atoms with E-state index < -0.39 is 0 Å². The molecule has 1 aromatic carbocycles. The molecule has 1 N–H and O–H groups in total. The summed E-state index contributed by atoms with van der Waals surface area (Å²) in [6, 6.07) is 13.8. The van der Waals surface area contributed by atoms with Crippen molar-refractivity contribution >= 4 is 22.4 Å². The number of rotatable bonds is 2. The maximum Gasteiger partial charge on any atom is 0.155 e. The number of hydrogen-bond acceptors (Lipinski definition) is 5. The highest BCUT2D eigenvalue weighted by Crippen LogP contribution is 2.28. The zero-order valence-corrected chi connectivity index (χ0v) is 13.0. The molecule has 1 aliphatic heterocycles. The van der Waals surface area contributed by atoms with Crippen molar-refractivity contribution in [3.63, 3.8) is 0 Å². The summed E-state index contributed by atoms with van der Waals surface area (Å²) in [5, 5.41) is 15.5. The molecule has 120 valence electrons. The van der Waals surface area contributed by atoms with Crippen LogP contribution in [0.4, 0.5) is 5.82 Å². The van der Waals surface area contributed by atoms with Crippen LogP contribution in [0, 0.1) is 0 Å². The molecule has 0 bridgehead atoms. The quantitative estimate of drug-likeness (QED) is 0.615. The lowest BCUT2D eigenvalue weighted by molar-refractivity contribution is 0.198. The molecule has 1 fully saturated rings. The molecule has 24 heavy (non-hydrogen) atoms. The summed E-state index contributed by atoms with van der Waals surface area (Å²) in [5.41, 5.74) is 2.44. The molecule has 0 radical (unpaired) electrons. The fraction of sp³-hybridized carbons (Fsp3) is 0.222. The Balaban J connectivity index is 1.63. The number of aliphatic hydroxyl groups excluding tert-OH is 1. The molecule has 0 amide bonds. The highest BCUT2D eigenvalue weighted by Gasteiger charge is 2.22. The molecular weight excluding hydrogens is 304 g/mol. The van der Waals surface area contributed by atoms with Gasteiger partial charge in [0.05, 0.1) is 12.3 Å². The molecule has 6 heteroatoms. The highest BCUT2D eigenvalue weighted by molar-refractivity contribution is 5.82. The summed E-state index contributed by atoms with van der Waals surface area (Å²) >= 11 is 0. The Labute approximate surface area is 137 Å². The van der Waals surface area contributed by atoms with Gasteiger partial charge in [-0.3, -0.25) is 0 Å². The SMILES string of the molecule is OC1CCN(c2ccc3ncc(-c4cc5ccccc5o4)n3n2)C1. The first-order valence-electron chi connectivity index (χ1n) is 8.05. The van der Waals surface area contributed by atoms with Crippen LogP contribution < -0.4 is 4.90 Å². The van der Waals surface area contributed by atoms with Crippen molar-refractivity contribution < 1.29 is 9.52 Å². The first-order chi connectivity index (χ1) is 11.8. The van der Waals surface area contributed by atoms with Crippen LogP contribution in [0.25, 0.3) is 28.1 Å². The van der Waals surface area contributed by atoms with Gasteiger partial charge in [-0.15, -0.1) is 5.10 Å². The molecular formula is C18H16N4O2. The molecule has 0 saturated carbocycles. The van der Waals surface area contributed by atoms with Crippen LogP contribution in [0.3, 0.4) is 0 Å². The largest absolute Gasteiger partial charge is 0.454 e. The number of fused-ring (bicyclic) bond motifs is 2. The van der Waals surface area contributed by atoms with Gasteiger partial charge in [-0.25, -0.2) is 9.50 Å². The van der Waals surface area contributed by atoms with Crippen LogP contribution >= 0.6 is 0 Å². The number of anilines is 1. The van der Waals surface area contributed by atoms with Crippen molar-refractivity contribution in [2.24, 2.45) is 0 Å². The van der Waals surface area contributed by atoms with E-state index >= 15 is 0 Å². The van der Waals surface area contributed by atoms with Gasteiger partial charge >= 0.3 is 0 Å². The zero-order valence-electron chi connectivity index (χ0n) is 13.0. The van der Waals surface area contributed by atoms with Crippen LogP contribution in [0.5, 0.6) is 0 Å². The van der Waals surface area contributed by atoms with Gasteiger partial charge in [0.2, 0.25) is 0 Å². The minimum atomic E-state index is -0.278. The lowest BCUT2D eigenvalue weighted by Crippen LogP contribution is -2.22. The number of nitrogens with zero attached hydrogens (tertiary/aromatic N) is 4. The van der Waals surface area contributed by atoms with Gasteiger partial charge in [0.25, 0.3) is 0 Å². The van der Waals surface area contributed by atoms with Crippen molar-refractivity contribution in [1.82, 2.24) is 14.6 Å². The third-order valence-electron chi connectivity index (χ3n) is 4.51. The van der Waals surface area contributed by atoms with E-state index in [9.17, 15) is 5.11 Å². The fourth-order valence-corrected chi connectivity index (χ4v) is 3.26. The van der Waals surface area contributed by atoms with Gasteiger partial charge in [0, 0.05) is 18.5 Å². The number of hydrogen-bond donors (Lipinski definition) is 1. The van der Waals surface area contributed by atoms with Crippen molar-refractivity contribution in [1.29, 1.82) is 0 Å². The topological polar surface area (TPSA) is 66.8 Å². The van der Waals surface area contributed by atoms with E-state index in [1.807, 2.05) is 42.5 Å². The number of furan rings is 1.